The van der Waals surface area contributed by atoms with Gasteiger partial charge in [0, 0.05) is 11.8 Å². The fraction of sp³-hybridized carbons (Fsp3) is 0.429. The number of ether oxygens (including phenoxy) is 2. The third-order valence-electron chi connectivity index (χ3n) is 3.91. The SMILES string of the molecule is CCCCOc1cccc(NCC(CC)Oc2ccc(C)cc2)c1. The first kappa shape index (κ1) is 18.2. The molecule has 0 aromatic heterocycles. The number of nitrogens with one attached hydrogen (secondary N) is 1. The summed E-state index contributed by atoms with van der Waals surface area (Å²) in [5.74, 6) is 1.84. The fourth-order valence-electron chi connectivity index (χ4n) is 2.34. The summed E-state index contributed by atoms with van der Waals surface area (Å²) in [6.07, 6.45) is 3.32. The number of hydrogen-bond acceptors (Lipinski definition) is 3. The molecule has 0 saturated carbocycles. The Morgan fingerprint density at radius 1 is 1.00 bits per heavy atom. The highest BCUT2D eigenvalue weighted by atomic mass is 16.5. The van der Waals surface area contributed by atoms with Gasteiger partial charge in [-0.1, -0.05) is 44.0 Å². The quantitative estimate of drug-likeness (QED) is 0.589. The summed E-state index contributed by atoms with van der Waals surface area (Å²) < 4.78 is 11.8. The van der Waals surface area contributed by atoms with E-state index in [0.717, 1.165) is 49.6 Å². The highest BCUT2D eigenvalue weighted by Gasteiger charge is 2.08. The van der Waals surface area contributed by atoms with Gasteiger partial charge in [-0.15, -0.1) is 0 Å². The Morgan fingerprint density at radius 3 is 2.50 bits per heavy atom. The first-order chi connectivity index (χ1) is 11.7. The van der Waals surface area contributed by atoms with Crippen molar-refractivity contribution < 1.29 is 9.47 Å². The van der Waals surface area contributed by atoms with Crippen molar-refractivity contribution in [3.63, 3.8) is 0 Å². The number of aryl methyl sites for hydroxylation is 1. The molecule has 3 nitrogen and oxygen atoms in total. The zero-order valence-electron chi connectivity index (χ0n) is 15.0. The second-order valence-corrected chi connectivity index (χ2v) is 6.07. The zero-order chi connectivity index (χ0) is 17.2. The average molecular weight is 327 g/mol. The molecule has 2 aromatic rings. The molecule has 3 heteroatoms. The van der Waals surface area contributed by atoms with Crippen LogP contribution in [0.4, 0.5) is 5.69 Å². The van der Waals surface area contributed by atoms with E-state index >= 15 is 0 Å². The Labute approximate surface area is 146 Å². The molecule has 0 spiro atoms. The van der Waals surface area contributed by atoms with E-state index < -0.39 is 0 Å². The van der Waals surface area contributed by atoms with Crippen LogP contribution in [-0.2, 0) is 0 Å². The first-order valence-corrected chi connectivity index (χ1v) is 8.91. The number of hydrogen-bond donors (Lipinski definition) is 1. The molecule has 2 rings (SSSR count). The molecule has 1 atom stereocenters. The predicted octanol–water partition coefficient (Wildman–Crippen LogP) is 5.44. The molecule has 1 unspecified atom stereocenters. The minimum absolute atomic E-state index is 0.136. The number of rotatable bonds is 10. The predicted molar refractivity (Wildman–Crippen MR) is 101 cm³/mol. The van der Waals surface area contributed by atoms with Gasteiger partial charge in [0.25, 0.3) is 0 Å². The second-order valence-electron chi connectivity index (χ2n) is 6.07. The molecule has 2 aromatic carbocycles. The Kier molecular flexibility index (Phi) is 7.47. The molecule has 0 heterocycles. The lowest BCUT2D eigenvalue weighted by Crippen LogP contribution is -2.25. The maximum atomic E-state index is 6.06. The van der Waals surface area contributed by atoms with Crippen LogP contribution < -0.4 is 14.8 Å². The largest absolute Gasteiger partial charge is 0.494 e. The smallest absolute Gasteiger partial charge is 0.121 e. The molecule has 0 radical (unpaired) electrons. The molecule has 130 valence electrons. The van der Waals surface area contributed by atoms with Crippen LogP contribution in [0.15, 0.2) is 48.5 Å². The standard InChI is InChI=1S/C21H29NO2/c1-4-6-14-23-21-9-7-8-18(15-21)22-16-19(5-2)24-20-12-10-17(3)11-13-20/h7-13,15,19,22H,4-6,14,16H2,1-3H3. The van der Waals surface area contributed by atoms with Crippen LogP contribution >= 0.6 is 0 Å². The summed E-state index contributed by atoms with van der Waals surface area (Å²) >= 11 is 0. The zero-order valence-corrected chi connectivity index (χ0v) is 15.0. The van der Waals surface area contributed by atoms with E-state index in [1.54, 1.807) is 0 Å². The van der Waals surface area contributed by atoms with Gasteiger partial charge in [0.1, 0.15) is 17.6 Å². The van der Waals surface area contributed by atoms with Gasteiger partial charge in [0.05, 0.1) is 13.2 Å². The molecular formula is C21H29NO2. The van der Waals surface area contributed by atoms with Gasteiger partial charge in [-0.25, -0.2) is 0 Å². The van der Waals surface area contributed by atoms with Crippen molar-refractivity contribution in [1.82, 2.24) is 0 Å². The van der Waals surface area contributed by atoms with Gasteiger partial charge < -0.3 is 14.8 Å². The summed E-state index contributed by atoms with van der Waals surface area (Å²) in [5.41, 5.74) is 2.31. The monoisotopic (exact) mass is 327 g/mol. The van der Waals surface area contributed by atoms with Crippen molar-refractivity contribution in [3.05, 3.63) is 54.1 Å². The van der Waals surface area contributed by atoms with Crippen molar-refractivity contribution >= 4 is 5.69 Å². The van der Waals surface area contributed by atoms with E-state index in [-0.39, 0.29) is 6.10 Å². The molecular weight excluding hydrogens is 298 g/mol. The van der Waals surface area contributed by atoms with Gasteiger partial charge >= 0.3 is 0 Å². The first-order valence-electron chi connectivity index (χ1n) is 8.91. The molecule has 24 heavy (non-hydrogen) atoms. The van der Waals surface area contributed by atoms with Crippen LogP contribution in [-0.4, -0.2) is 19.3 Å². The van der Waals surface area contributed by atoms with Crippen LogP contribution in [0.2, 0.25) is 0 Å². The molecule has 0 amide bonds. The van der Waals surface area contributed by atoms with Gasteiger partial charge in [0.15, 0.2) is 0 Å². The van der Waals surface area contributed by atoms with E-state index in [1.807, 2.05) is 30.3 Å². The lowest BCUT2D eigenvalue weighted by molar-refractivity contribution is 0.210. The van der Waals surface area contributed by atoms with E-state index in [9.17, 15) is 0 Å². The van der Waals surface area contributed by atoms with E-state index in [2.05, 4.69) is 44.3 Å². The lowest BCUT2D eigenvalue weighted by Gasteiger charge is -2.19. The molecule has 0 fully saturated rings. The van der Waals surface area contributed by atoms with Gasteiger partial charge in [0.2, 0.25) is 0 Å². The van der Waals surface area contributed by atoms with Crippen molar-refractivity contribution in [1.29, 1.82) is 0 Å². The summed E-state index contributed by atoms with van der Waals surface area (Å²) in [7, 11) is 0. The Bertz CT molecular complexity index is 595. The number of anilines is 1. The van der Waals surface area contributed by atoms with Crippen LogP contribution in [0.1, 0.15) is 38.7 Å². The average Bonchev–Trinajstić information content (AvgIpc) is 2.61. The Balaban J connectivity index is 1.85. The summed E-state index contributed by atoms with van der Waals surface area (Å²) in [6.45, 7) is 7.93. The maximum Gasteiger partial charge on any atom is 0.121 e. The van der Waals surface area contributed by atoms with Crippen molar-refractivity contribution in [2.24, 2.45) is 0 Å². The number of benzene rings is 2. The molecule has 0 aliphatic rings. The number of unbranched alkanes of at least 4 members (excludes halogenated alkanes) is 1. The van der Waals surface area contributed by atoms with E-state index in [4.69, 9.17) is 9.47 Å². The maximum absolute atomic E-state index is 6.06. The highest BCUT2D eigenvalue weighted by molar-refractivity contribution is 5.48. The van der Waals surface area contributed by atoms with Crippen LogP contribution in [0, 0.1) is 6.92 Å². The minimum Gasteiger partial charge on any atom is -0.494 e. The molecule has 0 saturated heterocycles. The normalized spacial score (nSPS) is 11.8. The van der Waals surface area contributed by atoms with Gasteiger partial charge in [-0.2, -0.15) is 0 Å². The summed E-state index contributed by atoms with van der Waals surface area (Å²) in [4.78, 5) is 0. The van der Waals surface area contributed by atoms with Crippen LogP contribution in [0.25, 0.3) is 0 Å². The van der Waals surface area contributed by atoms with Crippen molar-refractivity contribution in [2.75, 3.05) is 18.5 Å². The molecule has 0 aliphatic heterocycles. The van der Waals surface area contributed by atoms with Gasteiger partial charge in [-0.05, 0) is 44.0 Å². The third kappa shape index (κ3) is 6.15. The highest BCUT2D eigenvalue weighted by Crippen LogP contribution is 2.19. The summed E-state index contributed by atoms with van der Waals surface area (Å²) in [6, 6.07) is 16.3. The molecule has 0 bridgehead atoms. The Hall–Kier alpha value is -2.16. The van der Waals surface area contributed by atoms with Gasteiger partial charge in [-0.3, -0.25) is 0 Å². The van der Waals surface area contributed by atoms with Crippen molar-refractivity contribution in [3.8, 4) is 11.5 Å². The van der Waals surface area contributed by atoms with Crippen LogP contribution in [0.3, 0.4) is 0 Å². The molecule has 0 aliphatic carbocycles. The van der Waals surface area contributed by atoms with Crippen molar-refractivity contribution in [2.45, 2.75) is 46.1 Å². The van der Waals surface area contributed by atoms with Crippen LogP contribution in [0.5, 0.6) is 11.5 Å². The topological polar surface area (TPSA) is 30.5 Å². The lowest BCUT2D eigenvalue weighted by atomic mass is 10.2. The summed E-state index contributed by atoms with van der Waals surface area (Å²) in [5, 5.41) is 3.45. The molecule has 1 N–H and O–H groups in total. The fourth-order valence-corrected chi connectivity index (χ4v) is 2.34. The van der Waals surface area contributed by atoms with E-state index in [1.165, 1.54) is 5.56 Å². The second kappa shape index (κ2) is 9.86. The minimum atomic E-state index is 0.136. The third-order valence-corrected chi connectivity index (χ3v) is 3.91. The Morgan fingerprint density at radius 2 is 1.79 bits per heavy atom. The van der Waals surface area contributed by atoms with E-state index in [0.29, 0.717) is 0 Å².